The van der Waals surface area contributed by atoms with E-state index in [-0.39, 0.29) is 5.75 Å². The normalized spacial score (nSPS) is 28.5. The van der Waals surface area contributed by atoms with Crippen molar-refractivity contribution in [2.75, 3.05) is 7.11 Å². The Balaban J connectivity index is 1.92. The van der Waals surface area contributed by atoms with Crippen molar-refractivity contribution in [2.24, 2.45) is 0 Å². The van der Waals surface area contributed by atoms with E-state index in [4.69, 9.17) is 8.92 Å². The lowest BCUT2D eigenvalue weighted by atomic mass is 9.87. The predicted octanol–water partition coefficient (Wildman–Crippen LogP) is 2.06. The Hall–Kier alpha value is -2.38. The second kappa shape index (κ2) is 6.10. The third-order valence-electron chi connectivity index (χ3n) is 5.20. The molecule has 0 unspecified atom stereocenters. The zero-order valence-electron chi connectivity index (χ0n) is 14.4. The Kier molecular flexibility index (Phi) is 4.00. The van der Waals surface area contributed by atoms with Gasteiger partial charge in [0.2, 0.25) is 0 Å². The summed E-state index contributed by atoms with van der Waals surface area (Å²) in [5, 5.41) is 2.29. The summed E-state index contributed by atoms with van der Waals surface area (Å²) in [6.45, 7) is 1.92. The SMILES string of the molecule is COC(=O)[C@H]1N[C@@H](c2ccccc2C)[C@H]2[C@@H]1c1ccccc1OS2(=O)=O. The molecule has 0 amide bonds. The monoisotopic (exact) mass is 373 g/mol. The number of para-hydroxylation sites is 1. The Morgan fingerprint density at radius 2 is 1.73 bits per heavy atom. The second-order valence-corrected chi connectivity index (χ2v) is 8.30. The Labute approximate surface area is 152 Å². The molecule has 2 aliphatic heterocycles. The van der Waals surface area contributed by atoms with Gasteiger partial charge in [0, 0.05) is 11.5 Å². The smallest absolute Gasteiger partial charge is 0.323 e. The number of hydrogen-bond donors (Lipinski definition) is 1. The van der Waals surface area contributed by atoms with Crippen molar-refractivity contribution < 1.29 is 22.1 Å². The van der Waals surface area contributed by atoms with Gasteiger partial charge in [-0.05, 0) is 24.1 Å². The zero-order chi connectivity index (χ0) is 18.5. The Bertz CT molecular complexity index is 971. The molecule has 2 aliphatic rings. The molecular formula is C19H19NO5S. The van der Waals surface area contributed by atoms with Crippen molar-refractivity contribution in [3.8, 4) is 5.75 Å². The fraction of sp³-hybridized carbons (Fsp3) is 0.316. The number of carbonyl (C=O) groups is 1. The minimum Gasteiger partial charge on any atom is -0.468 e. The van der Waals surface area contributed by atoms with E-state index in [1.807, 2.05) is 37.3 Å². The maximum atomic E-state index is 13.0. The molecule has 0 bridgehead atoms. The van der Waals surface area contributed by atoms with Crippen LogP contribution in [0.5, 0.6) is 5.75 Å². The molecule has 136 valence electrons. The van der Waals surface area contributed by atoms with Crippen molar-refractivity contribution in [1.29, 1.82) is 0 Å². The fourth-order valence-electron chi connectivity index (χ4n) is 4.05. The topological polar surface area (TPSA) is 81.7 Å². The summed E-state index contributed by atoms with van der Waals surface area (Å²) in [6, 6.07) is 13.1. The van der Waals surface area contributed by atoms with Crippen molar-refractivity contribution in [3.05, 3.63) is 65.2 Å². The molecule has 6 nitrogen and oxygen atoms in total. The van der Waals surface area contributed by atoms with Gasteiger partial charge in [-0.25, -0.2) is 0 Å². The van der Waals surface area contributed by atoms with E-state index >= 15 is 0 Å². The number of methoxy groups -OCH3 is 1. The maximum absolute atomic E-state index is 13.0. The first-order valence-electron chi connectivity index (χ1n) is 8.35. The first-order valence-corrected chi connectivity index (χ1v) is 9.83. The molecule has 0 spiro atoms. The van der Waals surface area contributed by atoms with Gasteiger partial charge >= 0.3 is 16.1 Å². The van der Waals surface area contributed by atoms with Crippen LogP contribution in [-0.2, 0) is 19.6 Å². The Morgan fingerprint density at radius 3 is 2.42 bits per heavy atom. The number of esters is 1. The summed E-state index contributed by atoms with van der Waals surface area (Å²) < 4.78 is 36.2. The molecule has 0 saturated carbocycles. The van der Waals surface area contributed by atoms with Gasteiger partial charge in [0.05, 0.1) is 13.2 Å². The van der Waals surface area contributed by atoms with Crippen LogP contribution in [0, 0.1) is 6.92 Å². The van der Waals surface area contributed by atoms with Crippen LogP contribution in [0.25, 0.3) is 0 Å². The summed E-state index contributed by atoms with van der Waals surface area (Å²) in [5.41, 5.74) is 2.48. The van der Waals surface area contributed by atoms with Crippen LogP contribution in [0.1, 0.15) is 28.7 Å². The lowest BCUT2D eigenvalue weighted by molar-refractivity contribution is -0.143. The molecule has 0 aromatic heterocycles. The van der Waals surface area contributed by atoms with Crippen LogP contribution in [0.3, 0.4) is 0 Å². The number of ether oxygens (including phenoxy) is 1. The van der Waals surface area contributed by atoms with Gasteiger partial charge in [-0.1, -0.05) is 42.5 Å². The van der Waals surface area contributed by atoms with E-state index in [9.17, 15) is 13.2 Å². The number of benzene rings is 2. The molecule has 1 fully saturated rings. The van der Waals surface area contributed by atoms with E-state index in [0.717, 1.165) is 11.1 Å². The van der Waals surface area contributed by atoms with Crippen LogP contribution in [-0.4, -0.2) is 32.8 Å². The van der Waals surface area contributed by atoms with Gasteiger partial charge in [-0.3, -0.25) is 10.1 Å². The van der Waals surface area contributed by atoms with Gasteiger partial charge < -0.3 is 8.92 Å². The number of hydrogen-bond acceptors (Lipinski definition) is 6. The number of fused-ring (bicyclic) bond motifs is 3. The lowest BCUT2D eigenvalue weighted by Crippen LogP contribution is -2.40. The minimum absolute atomic E-state index is 0.273. The van der Waals surface area contributed by atoms with Crippen molar-refractivity contribution in [2.45, 2.75) is 30.2 Å². The first-order chi connectivity index (χ1) is 12.4. The fourth-order valence-corrected chi connectivity index (χ4v) is 5.78. The highest BCUT2D eigenvalue weighted by Gasteiger charge is 2.58. The van der Waals surface area contributed by atoms with Gasteiger partial charge in [-0.15, -0.1) is 0 Å². The second-order valence-electron chi connectivity index (χ2n) is 6.61. The maximum Gasteiger partial charge on any atom is 0.323 e. The van der Waals surface area contributed by atoms with Crippen LogP contribution >= 0.6 is 0 Å². The van der Waals surface area contributed by atoms with Crippen LogP contribution < -0.4 is 9.50 Å². The van der Waals surface area contributed by atoms with Gasteiger partial charge in [0.1, 0.15) is 17.0 Å². The molecule has 1 N–H and O–H groups in total. The molecular weight excluding hydrogens is 354 g/mol. The highest BCUT2D eigenvalue weighted by Crippen LogP contribution is 2.49. The van der Waals surface area contributed by atoms with Gasteiger partial charge in [-0.2, -0.15) is 8.42 Å². The third kappa shape index (κ3) is 2.50. The van der Waals surface area contributed by atoms with Gasteiger partial charge in [0.15, 0.2) is 0 Å². The van der Waals surface area contributed by atoms with Crippen LogP contribution in [0.15, 0.2) is 48.5 Å². The summed E-state index contributed by atoms with van der Waals surface area (Å²) >= 11 is 0. The van der Waals surface area contributed by atoms with Crippen LogP contribution in [0.2, 0.25) is 0 Å². The molecule has 4 atom stereocenters. The average Bonchev–Trinajstić information content (AvgIpc) is 3.03. The molecule has 2 aromatic carbocycles. The molecule has 1 saturated heterocycles. The Morgan fingerprint density at radius 1 is 1.08 bits per heavy atom. The van der Waals surface area contributed by atoms with Gasteiger partial charge in [0.25, 0.3) is 0 Å². The third-order valence-corrected chi connectivity index (χ3v) is 6.84. The quantitative estimate of drug-likeness (QED) is 0.641. The van der Waals surface area contributed by atoms with E-state index < -0.39 is 39.3 Å². The average molecular weight is 373 g/mol. The molecule has 2 aromatic rings. The summed E-state index contributed by atoms with van der Waals surface area (Å²) in [6.07, 6.45) is 0. The summed E-state index contributed by atoms with van der Waals surface area (Å²) in [4.78, 5) is 12.4. The first kappa shape index (κ1) is 17.1. The minimum atomic E-state index is -3.93. The lowest BCUT2D eigenvalue weighted by Gasteiger charge is -2.31. The number of carbonyl (C=O) groups excluding carboxylic acids is 1. The van der Waals surface area contributed by atoms with Crippen molar-refractivity contribution >= 4 is 16.1 Å². The molecule has 0 aliphatic carbocycles. The highest BCUT2D eigenvalue weighted by molar-refractivity contribution is 7.87. The number of rotatable bonds is 2. The van der Waals surface area contributed by atoms with E-state index in [1.54, 1.807) is 18.2 Å². The largest absolute Gasteiger partial charge is 0.468 e. The molecule has 7 heteroatoms. The predicted molar refractivity (Wildman–Crippen MR) is 95.4 cm³/mol. The molecule has 4 rings (SSSR count). The summed E-state index contributed by atoms with van der Waals surface area (Å²) in [7, 11) is -2.63. The van der Waals surface area contributed by atoms with Crippen molar-refractivity contribution in [3.63, 3.8) is 0 Å². The zero-order valence-corrected chi connectivity index (χ0v) is 15.2. The molecule has 2 heterocycles. The summed E-state index contributed by atoms with van der Waals surface area (Å²) in [5.74, 6) is -0.792. The molecule has 0 radical (unpaired) electrons. The van der Waals surface area contributed by atoms with Crippen LogP contribution in [0.4, 0.5) is 0 Å². The van der Waals surface area contributed by atoms with Crippen molar-refractivity contribution in [1.82, 2.24) is 5.32 Å². The standard InChI is InChI=1S/C19H19NO5S/c1-11-7-3-4-8-12(11)16-18-15(17(20-16)19(21)24-2)13-9-5-6-10-14(13)25-26(18,22)23/h3-10,15-18,20H,1-2H3/t15-,16+,17+,18-/m1/s1. The number of aryl methyl sites for hydroxylation is 1. The molecule has 26 heavy (non-hydrogen) atoms. The highest BCUT2D eigenvalue weighted by atomic mass is 32.2. The number of nitrogens with one attached hydrogen (secondary N) is 1. The van der Waals surface area contributed by atoms with E-state index in [0.29, 0.717) is 5.56 Å². The van der Waals surface area contributed by atoms with E-state index in [1.165, 1.54) is 7.11 Å². The van der Waals surface area contributed by atoms with E-state index in [2.05, 4.69) is 5.32 Å².